The van der Waals surface area contributed by atoms with Gasteiger partial charge in [0.2, 0.25) is 5.75 Å². The van der Waals surface area contributed by atoms with E-state index in [2.05, 4.69) is 15.3 Å². The molecule has 1 aliphatic rings. The Hall–Kier alpha value is -3.00. The van der Waals surface area contributed by atoms with Crippen LogP contribution >= 0.6 is 0 Å². The van der Waals surface area contributed by atoms with Crippen molar-refractivity contribution < 1.29 is 19.4 Å². The van der Waals surface area contributed by atoms with Gasteiger partial charge < -0.3 is 20.1 Å². The molecular formula is C16H15N3O5. The van der Waals surface area contributed by atoms with Crippen LogP contribution in [0.15, 0.2) is 35.1 Å². The van der Waals surface area contributed by atoms with Crippen LogP contribution in [0.2, 0.25) is 0 Å². The number of carbonyl (C=O) groups excluding carboxylic acids is 1. The van der Waals surface area contributed by atoms with Crippen molar-refractivity contribution in [2.75, 3.05) is 6.54 Å². The maximum absolute atomic E-state index is 12.2. The number of nitrogens with zero attached hydrogens (tertiary/aromatic N) is 1. The summed E-state index contributed by atoms with van der Waals surface area (Å²) in [4.78, 5) is 42.2. The molecule has 24 heavy (non-hydrogen) atoms. The van der Waals surface area contributed by atoms with E-state index in [1.165, 1.54) is 12.1 Å². The molecule has 1 saturated heterocycles. The number of carbonyl (C=O) groups is 2. The van der Waals surface area contributed by atoms with E-state index in [9.17, 15) is 19.5 Å². The predicted molar refractivity (Wildman–Crippen MR) is 83.2 cm³/mol. The Morgan fingerprint density at radius 1 is 1.25 bits per heavy atom. The molecule has 1 aromatic heterocycles. The van der Waals surface area contributed by atoms with Crippen LogP contribution in [-0.2, 0) is 0 Å². The van der Waals surface area contributed by atoms with Gasteiger partial charge in [0.05, 0.1) is 11.6 Å². The largest absolute Gasteiger partial charge is 0.476 e. The van der Waals surface area contributed by atoms with E-state index < -0.39 is 28.9 Å². The van der Waals surface area contributed by atoms with Gasteiger partial charge >= 0.3 is 11.9 Å². The molecule has 0 bridgehead atoms. The lowest BCUT2D eigenvalue weighted by atomic mass is 10.2. The molecule has 8 nitrogen and oxygen atoms in total. The van der Waals surface area contributed by atoms with E-state index in [1.54, 1.807) is 18.2 Å². The van der Waals surface area contributed by atoms with Gasteiger partial charge in [-0.1, -0.05) is 18.2 Å². The summed E-state index contributed by atoms with van der Waals surface area (Å²) < 4.78 is 4.99. The normalized spacial score (nSPS) is 16.8. The van der Waals surface area contributed by atoms with Gasteiger partial charge in [0.15, 0.2) is 5.69 Å². The van der Waals surface area contributed by atoms with Crippen molar-refractivity contribution in [1.82, 2.24) is 15.3 Å². The van der Waals surface area contributed by atoms with Crippen molar-refractivity contribution >= 4 is 11.9 Å². The first kappa shape index (κ1) is 15.9. The van der Waals surface area contributed by atoms with Crippen molar-refractivity contribution in [3.8, 4) is 5.75 Å². The fraction of sp³-hybridized carbons (Fsp3) is 0.250. The molecule has 3 rings (SSSR count). The van der Waals surface area contributed by atoms with Crippen molar-refractivity contribution in [2.24, 2.45) is 0 Å². The highest BCUT2D eigenvalue weighted by atomic mass is 16.5. The number of ether oxygens (including phenoxy) is 1. The van der Waals surface area contributed by atoms with Gasteiger partial charge in [-0.15, -0.1) is 0 Å². The average molecular weight is 329 g/mol. The number of esters is 1. The SMILES string of the molecule is O=C(Oc1c(C(=O)O)nc(C2CCCN2)[nH]c1=O)c1ccccc1. The summed E-state index contributed by atoms with van der Waals surface area (Å²) in [6.07, 6.45) is 1.65. The molecular weight excluding hydrogens is 314 g/mol. The maximum Gasteiger partial charge on any atom is 0.358 e. The van der Waals surface area contributed by atoms with Gasteiger partial charge in [-0.05, 0) is 31.5 Å². The molecule has 1 unspecified atom stereocenters. The number of H-pyrrole nitrogens is 1. The Balaban J connectivity index is 1.96. The lowest BCUT2D eigenvalue weighted by molar-refractivity contribution is 0.0671. The zero-order valence-corrected chi connectivity index (χ0v) is 12.6. The Bertz CT molecular complexity index is 825. The van der Waals surface area contributed by atoms with E-state index in [0.717, 1.165) is 19.4 Å². The number of carboxylic acids is 1. The Morgan fingerprint density at radius 3 is 2.62 bits per heavy atom. The van der Waals surface area contributed by atoms with Gasteiger partial charge in [-0.3, -0.25) is 4.79 Å². The fourth-order valence-corrected chi connectivity index (χ4v) is 2.53. The second-order valence-electron chi connectivity index (χ2n) is 5.34. The van der Waals surface area contributed by atoms with E-state index in [0.29, 0.717) is 0 Å². The standard InChI is InChI=1S/C16H15N3O5/c20-14-12(24-16(23)9-5-2-1-3-6-9)11(15(21)22)18-13(19-14)10-7-4-8-17-10/h1-3,5-6,10,17H,4,7-8H2,(H,21,22)(H,18,19,20). The molecule has 1 aliphatic heterocycles. The third-order valence-electron chi connectivity index (χ3n) is 3.69. The second-order valence-corrected chi connectivity index (χ2v) is 5.34. The molecule has 124 valence electrons. The van der Waals surface area contributed by atoms with Crippen molar-refractivity contribution in [1.29, 1.82) is 0 Å². The first-order valence-electron chi connectivity index (χ1n) is 7.44. The zero-order valence-electron chi connectivity index (χ0n) is 12.6. The van der Waals surface area contributed by atoms with Crippen LogP contribution in [0.1, 0.15) is 45.6 Å². The van der Waals surface area contributed by atoms with Gasteiger partial charge in [0.1, 0.15) is 5.82 Å². The minimum atomic E-state index is -1.43. The number of aromatic carboxylic acids is 1. The number of aromatic nitrogens is 2. The summed E-state index contributed by atoms with van der Waals surface area (Å²) in [6.45, 7) is 0.765. The first-order chi connectivity index (χ1) is 11.6. The summed E-state index contributed by atoms with van der Waals surface area (Å²) in [5.41, 5.74) is -1.17. The van der Waals surface area contributed by atoms with Gasteiger partial charge in [-0.25, -0.2) is 14.6 Å². The molecule has 3 N–H and O–H groups in total. The fourth-order valence-electron chi connectivity index (χ4n) is 2.53. The summed E-state index contributed by atoms with van der Waals surface area (Å²) in [7, 11) is 0. The van der Waals surface area contributed by atoms with Crippen molar-refractivity contribution in [3.63, 3.8) is 0 Å². The van der Waals surface area contributed by atoms with Crippen LogP contribution in [0.5, 0.6) is 5.75 Å². The number of benzene rings is 1. The minimum Gasteiger partial charge on any atom is -0.476 e. The number of nitrogens with one attached hydrogen (secondary N) is 2. The number of carboxylic acid groups (broad SMARTS) is 1. The smallest absolute Gasteiger partial charge is 0.358 e. The lowest BCUT2D eigenvalue weighted by Gasteiger charge is -2.12. The third-order valence-corrected chi connectivity index (χ3v) is 3.69. The van der Waals surface area contributed by atoms with E-state index >= 15 is 0 Å². The second kappa shape index (κ2) is 6.63. The van der Waals surface area contributed by atoms with E-state index in [1.807, 2.05) is 0 Å². The molecule has 1 atom stereocenters. The minimum absolute atomic E-state index is 0.203. The Morgan fingerprint density at radius 2 is 2.00 bits per heavy atom. The number of rotatable bonds is 4. The lowest BCUT2D eigenvalue weighted by Crippen LogP contribution is -2.26. The molecule has 2 heterocycles. The third kappa shape index (κ3) is 3.18. The molecule has 0 aliphatic carbocycles. The molecule has 2 aromatic rings. The topological polar surface area (TPSA) is 121 Å². The van der Waals surface area contributed by atoms with Crippen molar-refractivity contribution in [2.45, 2.75) is 18.9 Å². The highest BCUT2D eigenvalue weighted by Crippen LogP contribution is 2.21. The highest BCUT2D eigenvalue weighted by molar-refractivity contribution is 5.94. The van der Waals surface area contributed by atoms with Crippen LogP contribution in [0.3, 0.4) is 0 Å². The summed E-state index contributed by atoms with van der Waals surface area (Å²) in [6, 6.07) is 7.77. The molecule has 0 spiro atoms. The van der Waals surface area contributed by atoms with Crippen molar-refractivity contribution in [3.05, 3.63) is 57.8 Å². The maximum atomic E-state index is 12.2. The number of hydrogen-bond acceptors (Lipinski definition) is 6. The first-order valence-corrected chi connectivity index (χ1v) is 7.44. The van der Waals surface area contributed by atoms with Crippen LogP contribution in [0, 0.1) is 0 Å². The average Bonchev–Trinajstić information content (AvgIpc) is 3.11. The monoisotopic (exact) mass is 329 g/mol. The summed E-state index contributed by atoms with van der Waals surface area (Å²) in [5.74, 6) is -2.64. The molecule has 1 fully saturated rings. The van der Waals surface area contributed by atoms with Crippen LogP contribution in [0.25, 0.3) is 0 Å². The number of aromatic amines is 1. The Labute approximate surface area is 136 Å². The predicted octanol–water partition coefficient (Wildman–Crippen LogP) is 1.11. The number of hydrogen-bond donors (Lipinski definition) is 3. The summed E-state index contributed by atoms with van der Waals surface area (Å²) >= 11 is 0. The van der Waals surface area contributed by atoms with Gasteiger partial charge in [-0.2, -0.15) is 0 Å². The van der Waals surface area contributed by atoms with Crippen LogP contribution in [-0.4, -0.2) is 33.6 Å². The van der Waals surface area contributed by atoms with Gasteiger partial charge in [0.25, 0.3) is 5.56 Å². The molecule has 0 radical (unpaired) electrons. The van der Waals surface area contributed by atoms with E-state index in [4.69, 9.17) is 4.74 Å². The summed E-state index contributed by atoms with van der Waals surface area (Å²) in [5, 5.41) is 12.4. The van der Waals surface area contributed by atoms with E-state index in [-0.39, 0.29) is 17.4 Å². The van der Waals surface area contributed by atoms with Crippen LogP contribution < -0.4 is 15.6 Å². The molecule has 0 saturated carbocycles. The van der Waals surface area contributed by atoms with Gasteiger partial charge in [0, 0.05) is 0 Å². The molecule has 0 amide bonds. The van der Waals surface area contributed by atoms with Crippen LogP contribution in [0.4, 0.5) is 0 Å². The highest BCUT2D eigenvalue weighted by Gasteiger charge is 2.26. The Kier molecular flexibility index (Phi) is 4.39. The zero-order chi connectivity index (χ0) is 17.1. The quantitative estimate of drug-likeness (QED) is 0.718. The molecule has 8 heteroatoms. The molecule has 1 aromatic carbocycles.